The van der Waals surface area contributed by atoms with Gasteiger partial charge in [-0.2, -0.15) is 9.97 Å². The molecule has 4 atom stereocenters. The van der Waals surface area contributed by atoms with Gasteiger partial charge in [0.15, 0.2) is 11.0 Å². The molecule has 4 saturated heterocycles. The van der Waals surface area contributed by atoms with Crippen LogP contribution in [0.1, 0.15) is 59.3 Å². The van der Waals surface area contributed by atoms with Crippen LogP contribution in [-0.4, -0.2) is 93.0 Å². The van der Waals surface area contributed by atoms with Crippen molar-refractivity contribution in [3.8, 4) is 6.01 Å². The van der Waals surface area contributed by atoms with Crippen LogP contribution in [0.2, 0.25) is 5.15 Å². The molecule has 12 heteroatoms. The molecule has 0 aliphatic carbocycles. The van der Waals surface area contributed by atoms with E-state index in [9.17, 15) is 9.18 Å². The number of carbonyl (C=O) groups is 1. The molecule has 1 amide bonds. The second-order valence-corrected chi connectivity index (χ2v) is 12.7. The highest BCUT2D eigenvalue weighted by atomic mass is 35.5. The number of ether oxygens (including phenoxy) is 2. The number of anilines is 1. The molecule has 0 aromatic carbocycles. The van der Waals surface area contributed by atoms with Gasteiger partial charge in [0.05, 0.1) is 23.0 Å². The predicted molar refractivity (Wildman–Crippen MR) is 143 cm³/mol. The third-order valence-electron chi connectivity index (χ3n) is 8.47. The van der Waals surface area contributed by atoms with Crippen LogP contribution in [0.3, 0.4) is 0 Å². The van der Waals surface area contributed by atoms with Crippen LogP contribution in [0, 0.1) is 5.82 Å². The van der Waals surface area contributed by atoms with Crippen LogP contribution in [-0.2, 0) is 4.74 Å². The minimum absolute atomic E-state index is 0.0304. The van der Waals surface area contributed by atoms with Gasteiger partial charge in [0.2, 0.25) is 0 Å². The number of alkyl halides is 1. The number of piperazine rings is 1. The van der Waals surface area contributed by atoms with Gasteiger partial charge in [-0.3, -0.25) is 9.80 Å². The predicted octanol–water partition coefficient (Wildman–Crippen LogP) is 4.75. The molecule has 0 spiro atoms. The van der Waals surface area contributed by atoms with Crippen molar-refractivity contribution in [3.05, 3.63) is 17.2 Å². The molecule has 2 aromatic rings. The van der Waals surface area contributed by atoms with Crippen molar-refractivity contribution < 1.29 is 23.0 Å². The fourth-order valence-corrected chi connectivity index (χ4v) is 6.94. The molecule has 0 radical (unpaired) electrons. The molecular formula is C27H35ClF2N6O3. The van der Waals surface area contributed by atoms with Gasteiger partial charge in [0.25, 0.3) is 0 Å². The van der Waals surface area contributed by atoms with E-state index in [0.717, 1.165) is 38.6 Å². The van der Waals surface area contributed by atoms with Gasteiger partial charge in [-0.25, -0.2) is 18.6 Å². The van der Waals surface area contributed by atoms with E-state index in [4.69, 9.17) is 26.1 Å². The number of nitrogens with zero attached hydrogens (tertiary/aromatic N) is 6. The Morgan fingerprint density at radius 2 is 1.92 bits per heavy atom. The first-order chi connectivity index (χ1) is 18.5. The molecule has 9 nitrogen and oxygen atoms in total. The average molecular weight is 565 g/mol. The van der Waals surface area contributed by atoms with Crippen molar-refractivity contribution in [2.75, 3.05) is 37.7 Å². The Kier molecular flexibility index (Phi) is 6.73. The van der Waals surface area contributed by atoms with Gasteiger partial charge in [0.1, 0.15) is 29.7 Å². The summed E-state index contributed by atoms with van der Waals surface area (Å²) in [6, 6.07) is -0.0942. The van der Waals surface area contributed by atoms with Crippen molar-refractivity contribution in [3.63, 3.8) is 0 Å². The summed E-state index contributed by atoms with van der Waals surface area (Å²) in [5, 5.41) is 0.151. The summed E-state index contributed by atoms with van der Waals surface area (Å²) in [5.41, 5.74) is -0.951. The summed E-state index contributed by atoms with van der Waals surface area (Å²) < 4.78 is 41.4. The molecule has 4 aliphatic rings. The van der Waals surface area contributed by atoms with Crippen LogP contribution in [0.25, 0.3) is 10.9 Å². The fraction of sp³-hybridized carbons (Fsp3) is 0.704. The van der Waals surface area contributed by atoms with Crippen LogP contribution in [0.15, 0.2) is 6.20 Å². The summed E-state index contributed by atoms with van der Waals surface area (Å²) in [7, 11) is 0. The van der Waals surface area contributed by atoms with Crippen LogP contribution in [0.4, 0.5) is 19.4 Å². The third-order valence-corrected chi connectivity index (χ3v) is 8.73. The molecule has 0 N–H and O–H groups in total. The van der Waals surface area contributed by atoms with Crippen LogP contribution < -0.4 is 9.64 Å². The van der Waals surface area contributed by atoms with Gasteiger partial charge in [-0.05, 0) is 53.0 Å². The van der Waals surface area contributed by atoms with Gasteiger partial charge in [-0.1, -0.05) is 18.0 Å². The quantitative estimate of drug-likeness (QED) is 0.492. The number of amides is 1. The SMILES string of the molecule is CC(C)(C)OC(=O)N1[C@H]2CC[C@H]1CN(c1nc(OC[C@@]34CCCCN3C[C@H](F)C4)nc3c(F)c(Cl)ncc13)C2. The molecule has 4 aliphatic heterocycles. The molecule has 2 bridgehead atoms. The maximum atomic E-state index is 15.2. The minimum atomic E-state index is -0.890. The molecule has 212 valence electrons. The highest BCUT2D eigenvalue weighted by molar-refractivity contribution is 6.30. The first-order valence-electron chi connectivity index (χ1n) is 13.8. The van der Waals surface area contributed by atoms with Crippen molar-refractivity contribution in [1.82, 2.24) is 24.8 Å². The first-order valence-corrected chi connectivity index (χ1v) is 14.2. The van der Waals surface area contributed by atoms with E-state index in [1.807, 2.05) is 30.6 Å². The first kappa shape index (κ1) is 26.7. The second-order valence-electron chi connectivity index (χ2n) is 12.4. The Balaban J connectivity index is 1.29. The number of piperidine rings is 1. The maximum Gasteiger partial charge on any atom is 0.410 e. The summed E-state index contributed by atoms with van der Waals surface area (Å²) in [5.74, 6) is -0.244. The summed E-state index contributed by atoms with van der Waals surface area (Å²) in [6.07, 6.45) is 5.26. The number of hydrogen-bond donors (Lipinski definition) is 0. The highest BCUT2D eigenvalue weighted by Gasteiger charge is 2.48. The molecule has 0 saturated carbocycles. The Labute approximate surface area is 231 Å². The van der Waals surface area contributed by atoms with E-state index in [0.29, 0.717) is 37.3 Å². The van der Waals surface area contributed by atoms with E-state index in [1.54, 1.807) is 0 Å². The molecule has 0 unspecified atom stereocenters. The lowest BCUT2D eigenvalue weighted by Gasteiger charge is -2.42. The standard InChI is InChI=1S/C27H35ClF2N6O3/c1-26(2,3)39-25(37)36-17-6-7-18(36)14-34(13-17)23-19-11-31-22(28)20(30)21(19)32-24(33-23)38-15-27-8-4-5-9-35(27)12-16(29)10-27/h11,16-18H,4-10,12-15H2,1-3H3/t16-,17+,18+,27+/m1/s1. The molecule has 39 heavy (non-hydrogen) atoms. The van der Waals surface area contributed by atoms with Crippen LogP contribution >= 0.6 is 11.6 Å². The molecule has 4 fully saturated rings. The molecular weight excluding hydrogens is 530 g/mol. The van der Waals surface area contributed by atoms with E-state index < -0.39 is 23.1 Å². The second kappa shape index (κ2) is 9.83. The summed E-state index contributed by atoms with van der Waals surface area (Å²) >= 11 is 6.02. The van der Waals surface area contributed by atoms with Crippen molar-refractivity contribution in [1.29, 1.82) is 0 Å². The minimum Gasteiger partial charge on any atom is -0.461 e. The highest BCUT2D eigenvalue weighted by Crippen LogP contribution is 2.40. The largest absolute Gasteiger partial charge is 0.461 e. The fourth-order valence-electron chi connectivity index (χ4n) is 6.80. The summed E-state index contributed by atoms with van der Waals surface area (Å²) in [6.45, 7) is 8.07. The van der Waals surface area contributed by atoms with E-state index in [2.05, 4.69) is 14.9 Å². The Bertz CT molecular complexity index is 1260. The normalized spacial score (nSPS) is 29.1. The van der Waals surface area contributed by atoms with Crippen molar-refractivity contribution >= 4 is 34.4 Å². The number of rotatable bonds is 4. The number of halogens is 3. The number of pyridine rings is 1. The molecule has 6 heterocycles. The Hall–Kier alpha value is -2.53. The van der Waals surface area contributed by atoms with Crippen LogP contribution in [0.5, 0.6) is 6.01 Å². The van der Waals surface area contributed by atoms with Gasteiger partial charge < -0.3 is 14.4 Å². The zero-order valence-electron chi connectivity index (χ0n) is 22.6. The maximum absolute atomic E-state index is 15.2. The zero-order valence-corrected chi connectivity index (χ0v) is 23.4. The van der Waals surface area contributed by atoms with Gasteiger partial charge >= 0.3 is 12.1 Å². The van der Waals surface area contributed by atoms with Gasteiger partial charge in [0, 0.05) is 32.3 Å². The van der Waals surface area contributed by atoms with E-state index >= 15 is 4.39 Å². The topological polar surface area (TPSA) is 83.9 Å². The van der Waals surface area contributed by atoms with Gasteiger partial charge in [-0.15, -0.1) is 0 Å². The third kappa shape index (κ3) is 4.96. The molecule has 6 rings (SSSR count). The van der Waals surface area contributed by atoms with E-state index in [-0.39, 0.29) is 41.5 Å². The summed E-state index contributed by atoms with van der Waals surface area (Å²) in [4.78, 5) is 32.1. The van der Waals surface area contributed by atoms with Crippen molar-refractivity contribution in [2.45, 2.75) is 88.7 Å². The Morgan fingerprint density at radius 1 is 1.18 bits per heavy atom. The average Bonchev–Trinajstić information content (AvgIpc) is 3.36. The number of hydrogen-bond acceptors (Lipinski definition) is 8. The number of aromatic nitrogens is 3. The van der Waals surface area contributed by atoms with Crippen molar-refractivity contribution in [2.24, 2.45) is 0 Å². The lowest BCUT2D eigenvalue weighted by molar-refractivity contribution is 0.0122. The lowest BCUT2D eigenvalue weighted by Crippen LogP contribution is -2.57. The lowest BCUT2D eigenvalue weighted by atomic mass is 9.87. The molecule has 2 aromatic heterocycles. The van der Waals surface area contributed by atoms with E-state index in [1.165, 1.54) is 6.20 Å². The number of carbonyl (C=O) groups excluding carboxylic acids is 1. The zero-order chi connectivity index (χ0) is 27.5. The smallest absolute Gasteiger partial charge is 0.410 e. The number of fused-ring (bicyclic) bond motifs is 4. The Morgan fingerprint density at radius 3 is 2.64 bits per heavy atom. The monoisotopic (exact) mass is 564 g/mol.